The number of rotatable bonds is 5. The minimum Gasteiger partial charge on any atom is -0.334 e. The molecule has 3 rings (SSSR count). The summed E-state index contributed by atoms with van der Waals surface area (Å²) >= 11 is 1.35. The van der Waals surface area contributed by atoms with E-state index in [1.54, 1.807) is 43.3 Å². The number of thioether (sulfide) groups is 1. The molecule has 1 aromatic heterocycles. The maximum atomic E-state index is 12.8. The van der Waals surface area contributed by atoms with Gasteiger partial charge in [0.25, 0.3) is 5.89 Å². The number of nitrogens with zero attached hydrogens (tertiary/aromatic N) is 2. The Morgan fingerprint density at radius 3 is 2.50 bits per heavy atom. The van der Waals surface area contributed by atoms with Crippen LogP contribution in [0.2, 0.25) is 0 Å². The Balaban J connectivity index is 1.55. The van der Waals surface area contributed by atoms with E-state index in [0.717, 1.165) is 10.5 Å². The van der Waals surface area contributed by atoms with Gasteiger partial charge < -0.3 is 9.84 Å². The van der Waals surface area contributed by atoms with Gasteiger partial charge in [-0.05, 0) is 55.5 Å². The lowest BCUT2D eigenvalue weighted by atomic mass is 10.2. The molecule has 0 unspecified atom stereocenters. The molecule has 0 fully saturated rings. The van der Waals surface area contributed by atoms with Crippen molar-refractivity contribution in [3.63, 3.8) is 0 Å². The number of hydrogen-bond acceptors (Lipinski definition) is 5. The lowest BCUT2D eigenvalue weighted by molar-refractivity contribution is -0.113. The van der Waals surface area contributed by atoms with E-state index in [9.17, 15) is 9.18 Å². The molecule has 0 aliphatic rings. The summed E-state index contributed by atoms with van der Waals surface area (Å²) in [5, 5.41) is 6.55. The molecule has 7 heteroatoms. The van der Waals surface area contributed by atoms with Crippen LogP contribution in [-0.4, -0.2) is 21.8 Å². The van der Waals surface area contributed by atoms with Gasteiger partial charge >= 0.3 is 0 Å². The van der Waals surface area contributed by atoms with E-state index in [0.29, 0.717) is 17.4 Å². The standard InChI is InChI=1S/C17H14FN3O2S/c1-11-19-17(23-21-11)12-2-6-14(7-3-12)20-16(22)10-24-15-8-4-13(18)5-9-15/h2-9H,10H2,1H3,(H,20,22). The van der Waals surface area contributed by atoms with Crippen LogP contribution in [0, 0.1) is 12.7 Å². The number of carbonyl (C=O) groups excluding carboxylic acids is 1. The first-order chi connectivity index (χ1) is 11.6. The molecule has 0 spiro atoms. The molecule has 1 amide bonds. The average Bonchev–Trinajstić information content (AvgIpc) is 3.01. The molecule has 24 heavy (non-hydrogen) atoms. The summed E-state index contributed by atoms with van der Waals surface area (Å²) in [6.07, 6.45) is 0. The Bertz CT molecular complexity index is 832. The maximum Gasteiger partial charge on any atom is 0.257 e. The Morgan fingerprint density at radius 1 is 1.17 bits per heavy atom. The summed E-state index contributed by atoms with van der Waals surface area (Å²) in [4.78, 5) is 17.0. The van der Waals surface area contributed by atoms with Gasteiger partial charge in [0, 0.05) is 16.1 Å². The number of hydrogen-bond donors (Lipinski definition) is 1. The predicted molar refractivity (Wildman–Crippen MR) is 90.2 cm³/mol. The Morgan fingerprint density at radius 2 is 1.88 bits per heavy atom. The van der Waals surface area contributed by atoms with Crippen LogP contribution in [0.4, 0.5) is 10.1 Å². The number of carbonyl (C=O) groups is 1. The van der Waals surface area contributed by atoms with Gasteiger partial charge in [-0.25, -0.2) is 4.39 Å². The first-order valence-electron chi connectivity index (χ1n) is 7.19. The molecular weight excluding hydrogens is 329 g/mol. The predicted octanol–water partition coefficient (Wildman–Crippen LogP) is 3.91. The van der Waals surface area contributed by atoms with Crippen molar-refractivity contribution in [2.75, 3.05) is 11.1 Å². The van der Waals surface area contributed by atoms with Crippen molar-refractivity contribution in [3.05, 3.63) is 60.2 Å². The summed E-state index contributed by atoms with van der Waals surface area (Å²) in [6, 6.07) is 13.2. The number of aromatic nitrogens is 2. The van der Waals surface area contributed by atoms with E-state index >= 15 is 0 Å². The fourth-order valence-electron chi connectivity index (χ4n) is 1.99. The third-order valence-electron chi connectivity index (χ3n) is 3.13. The molecule has 0 radical (unpaired) electrons. The van der Waals surface area contributed by atoms with Crippen molar-refractivity contribution in [1.82, 2.24) is 10.1 Å². The van der Waals surface area contributed by atoms with Crippen LogP contribution in [0.1, 0.15) is 5.82 Å². The van der Waals surface area contributed by atoms with Crippen LogP contribution in [0.5, 0.6) is 0 Å². The molecular formula is C17H14FN3O2S. The average molecular weight is 343 g/mol. The number of aryl methyl sites for hydroxylation is 1. The van der Waals surface area contributed by atoms with Gasteiger partial charge in [-0.3, -0.25) is 4.79 Å². The smallest absolute Gasteiger partial charge is 0.257 e. The van der Waals surface area contributed by atoms with Crippen LogP contribution < -0.4 is 5.32 Å². The van der Waals surface area contributed by atoms with Crippen molar-refractivity contribution in [3.8, 4) is 11.5 Å². The highest BCUT2D eigenvalue weighted by atomic mass is 32.2. The third-order valence-corrected chi connectivity index (χ3v) is 4.14. The van der Waals surface area contributed by atoms with Gasteiger partial charge in [0.1, 0.15) is 5.82 Å². The van der Waals surface area contributed by atoms with Crippen molar-refractivity contribution in [2.24, 2.45) is 0 Å². The topological polar surface area (TPSA) is 68.0 Å². The lowest BCUT2D eigenvalue weighted by Crippen LogP contribution is -2.13. The minimum absolute atomic E-state index is 0.134. The number of benzene rings is 2. The molecule has 0 bridgehead atoms. The first-order valence-corrected chi connectivity index (χ1v) is 8.18. The maximum absolute atomic E-state index is 12.8. The van der Waals surface area contributed by atoms with Gasteiger partial charge in [0.2, 0.25) is 5.91 Å². The minimum atomic E-state index is -0.291. The van der Waals surface area contributed by atoms with Crippen LogP contribution in [-0.2, 0) is 4.79 Å². The number of halogens is 1. The highest BCUT2D eigenvalue weighted by molar-refractivity contribution is 8.00. The molecule has 0 atom stereocenters. The molecule has 122 valence electrons. The highest BCUT2D eigenvalue weighted by Gasteiger charge is 2.07. The van der Waals surface area contributed by atoms with Gasteiger partial charge in [-0.15, -0.1) is 11.8 Å². The lowest BCUT2D eigenvalue weighted by Gasteiger charge is -2.05. The molecule has 0 saturated carbocycles. The fourth-order valence-corrected chi connectivity index (χ4v) is 2.69. The molecule has 5 nitrogen and oxygen atoms in total. The van der Waals surface area contributed by atoms with E-state index in [-0.39, 0.29) is 17.5 Å². The van der Waals surface area contributed by atoms with Gasteiger partial charge in [-0.2, -0.15) is 4.98 Å². The quantitative estimate of drug-likeness (QED) is 0.711. The summed E-state index contributed by atoms with van der Waals surface area (Å²) in [5.74, 6) is 0.833. The zero-order valence-corrected chi connectivity index (χ0v) is 13.6. The van der Waals surface area contributed by atoms with Gasteiger partial charge in [-0.1, -0.05) is 5.16 Å². The van der Waals surface area contributed by atoms with E-state index in [4.69, 9.17) is 4.52 Å². The zero-order valence-electron chi connectivity index (χ0n) is 12.8. The van der Waals surface area contributed by atoms with Crippen LogP contribution in [0.3, 0.4) is 0 Å². The monoisotopic (exact) mass is 343 g/mol. The zero-order chi connectivity index (χ0) is 16.9. The largest absolute Gasteiger partial charge is 0.334 e. The second-order valence-electron chi connectivity index (χ2n) is 5.01. The number of nitrogens with one attached hydrogen (secondary N) is 1. The van der Waals surface area contributed by atoms with Crippen molar-refractivity contribution in [2.45, 2.75) is 11.8 Å². The molecule has 0 aliphatic carbocycles. The molecule has 3 aromatic rings. The Kier molecular flexibility index (Phi) is 4.90. The molecule has 0 saturated heterocycles. The second kappa shape index (κ2) is 7.27. The Labute approximate surface area is 142 Å². The van der Waals surface area contributed by atoms with Crippen LogP contribution >= 0.6 is 11.8 Å². The van der Waals surface area contributed by atoms with Gasteiger partial charge in [0.05, 0.1) is 5.75 Å². The molecule has 2 aromatic carbocycles. The normalized spacial score (nSPS) is 10.6. The van der Waals surface area contributed by atoms with E-state index in [2.05, 4.69) is 15.5 Å². The summed E-state index contributed by atoms with van der Waals surface area (Å²) in [6.45, 7) is 1.75. The van der Waals surface area contributed by atoms with E-state index in [1.807, 2.05) is 0 Å². The second-order valence-corrected chi connectivity index (χ2v) is 6.06. The third kappa shape index (κ3) is 4.20. The van der Waals surface area contributed by atoms with Crippen LogP contribution in [0.15, 0.2) is 57.9 Å². The van der Waals surface area contributed by atoms with Gasteiger partial charge in [0.15, 0.2) is 5.82 Å². The fraction of sp³-hybridized carbons (Fsp3) is 0.118. The molecule has 1 N–H and O–H groups in total. The Hall–Kier alpha value is -2.67. The van der Waals surface area contributed by atoms with Crippen molar-refractivity contribution in [1.29, 1.82) is 0 Å². The van der Waals surface area contributed by atoms with E-state index < -0.39 is 0 Å². The summed E-state index contributed by atoms with van der Waals surface area (Å²) < 4.78 is 17.9. The van der Waals surface area contributed by atoms with E-state index in [1.165, 1.54) is 23.9 Å². The first kappa shape index (κ1) is 16.2. The molecule has 1 heterocycles. The highest BCUT2D eigenvalue weighted by Crippen LogP contribution is 2.21. The summed E-state index contributed by atoms with van der Waals surface area (Å²) in [5.41, 5.74) is 1.47. The van der Waals surface area contributed by atoms with Crippen molar-refractivity contribution < 1.29 is 13.7 Å². The SMILES string of the molecule is Cc1noc(-c2ccc(NC(=O)CSc3ccc(F)cc3)cc2)n1. The number of anilines is 1. The number of amides is 1. The summed E-state index contributed by atoms with van der Waals surface area (Å²) in [7, 11) is 0. The van der Waals surface area contributed by atoms with Crippen molar-refractivity contribution >= 4 is 23.4 Å². The van der Waals surface area contributed by atoms with Crippen LogP contribution in [0.25, 0.3) is 11.5 Å². The molecule has 0 aliphatic heterocycles.